The summed E-state index contributed by atoms with van der Waals surface area (Å²) in [7, 11) is 3.88. The Balaban J connectivity index is 2.23. The number of aryl methyl sites for hydroxylation is 3. The van der Waals surface area contributed by atoms with Crippen LogP contribution < -0.4 is 5.73 Å². The number of nitrogens with two attached hydrogens (primary N) is 1. The van der Waals surface area contributed by atoms with Crippen LogP contribution in [0.5, 0.6) is 0 Å². The van der Waals surface area contributed by atoms with Crippen molar-refractivity contribution in [1.82, 2.24) is 19.3 Å². The van der Waals surface area contributed by atoms with Gasteiger partial charge in [-0.2, -0.15) is 5.10 Å². The maximum atomic E-state index is 5.96. The van der Waals surface area contributed by atoms with Gasteiger partial charge < -0.3 is 10.3 Å². The molecule has 98 valence electrons. The minimum atomic E-state index is 0.701. The fraction of sp³-hybridized carbons (Fsp3) is 0.286. The van der Waals surface area contributed by atoms with Crippen molar-refractivity contribution < 1.29 is 0 Å². The quantitative estimate of drug-likeness (QED) is 0.725. The molecule has 3 rings (SSSR count). The number of rotatable bonds is 1. The summed E-state index contributed by atoms with van der Waals surface area (Å²) >= 11 is 0. The molecule has 0 atom stereocenters. The van der Waals surface area contributed by atoms with E-state index in [2.05, 4.69) is 32.8 Å². The van der Waals surface area contributed by atoms with E-state index < -0.39 is 0 Å². The Morgan fingerprint density at radius 2 is 1.89 bits per heavy atom. The van der Waals surface area contributed by atoms with Crippen molar-refractivity contribution in [2.45, 2.75) is 13.8 Å². The van der Waals surface area contributed by atoms with Gasteiger partial charge in [-0.1, -0.05) is 6.07 Å². The highest BCUT2D eigenvalue weighted by Gasteiger charge is 2.13. The van der Waals surface area contributed by atoms with E-state index in [0.29, 0.717) is 5.82 Å². The molecule has 0 saturated carbocycles. The van der Waals surface area contributed by atoms with Crippen LogP contribution in [-0.2, 0) is 14.1 Å². The molecular weight excluding hydrogens is 238 g/mol. The Morgan fingerprint density at radius 3 is 2.53 bits per heavy atom. The number of hydrogen-bond donors (Lipinski definition) is 1. The summed E-state index contributed by atoms with van der Waals surface area (Å²) < 4.78 is 3.79. The van der Waals surface area contributed by atoms with Crippen molar-refractivity contribution in [2.24, 2.45) is 14.1 Å². The molecule has 2 aromatic heterocycles. The molecule has 0 radical (unpaired) electrons. The molecule has 5 heteroatoms. The van der Waals surface area contributed by atoms with Gasteiger partial charge in [0.05, 0.1) is 16.7 Å². The molecule has 1 aromatic carbocycles. The Morgan fingerprint density at radius 1 is 1.16 bits per heavy atom. The van der Waals surface area contributed by atoms with Crippen molar-refractivity contribution in [3.8, 4) is 11.3 Å². The number of nitrogen functional groups attached to an aromatic ring is 1. The highest BCUT2D eigenvalue weighted by atomic mass is 15.3. The van der Waals surface area contributed by atoms with Crippen molar-refractivity contribution in [2.75, 3.05) is 5.73 Å². The first-order valence-electron chi connectivity index (χ1n) is 6.21. The van der Waals surface area contributed by atoms with E-state index in [1.165, 1.54) is 0 Å². The topological polar surface area (TPSA) is 61.7 Å². The summed E-state index contributed by atoms with van der Waals surface area (Å²) in [6.07, 6.45) is 0. The predicted molar refractivity (Wildman–Crippen MR) is 76.8 cm³/mol. The third-order valence-corrected chi connectivity index (χ3v) is 3.72. The summed E-state index contributed by atoms with van der Waals surface area (Å²) in [4.78, 5) is 4.55. The molecule has 3 aromatic rings. The Labute approximate surface area is 111 Å². The van der Waals surface area contributed by atoms with Crippen molar-refractivity contribution in [3.63, 3.8) is 0 Å². The van der Waals surface area contributed by atoms with Crippen molar-refractivity contribution >= 4 is 16.9 Å². The third-order valence-electron chi connectivity index (χ3n) is 3.72. The highest BCUT2D eigenvalue weighted by molar-refractivity contribution is 5.83. The lowest BCUT2D eigenvalue weighted by atomic mass is 10.1. The average Bonchev–Trinajstić information content (AvgIpc) is 2.81. The summed E-state index contributed by atoms with van der Waals surface area (Å²) in [6.45, 7) is 4.00. The van der Waals surface area contributed by atoms with Crippen LogP contribution in [0.15, 0.2) is 18.2 Å². The SMILES string of the molecule is Cc1c(-c2ccc3c(c2)nc(C)n3C)nn(C)c1N. The lowest BCUT2D eigenvalue weighted by Gasteiger charge is -2.00. The first-order valence-corrected chi connectivity index (χ1v) is 6.21. The molecule has 0 aliphatic carbocycles. The van der Waals surface area contributed by atoms with Gasteiger partial charge in [-0.25, -0.2) is 4.98 Å². The van der Waals surface area contributed by atoms with E-state index in [-0.39, 0.29) is 0 Å². The van der Waals surface area contributed by atoms with Gasteiger partial charge in [0.15, 0.2) is 0 Å². The van der Waals surface area contributed by atoms with E-state index in [0.717, 1.165) is 33.7 Å². The second kappa shape index (κ2) is 3.85. The van der Waals surface area contributed by atoms with Crippen LogP contribution >= 0.6 is 0 Å². The Bertz CT molecular complexity index is 779. The van der Waals surface area contributed by atoms with Crippen LogP contribution in [0.1, 0.15) is 11.4 Å². The molecule has 0 unspecified atom stereocenters. The lowest BCUT2D eigenvalue weighted by Crippen LogP contribution is -1.97. The number of benzene rings is 1. The molecule has 19 heavy (non-hydrogen) atoms. The zero-order valence-corrected chi connectivity index (χ0v) is 11.6. The zero-order valence-electron chi connectivity index (χ0n) is 11.6. The summed E-state index contributed by atoms with van der Waals surface area (Å²) in [5, 5.41) is 4.47. The highest BCUT2D eigenvalue weighted by Crippen LogP contribution is 2.28. The molecule has 0 aliphatic heterocycles. The van der Waals surface area contributed by atoms with Crippen LogP contribution in [-0.4, -0.2) is 19.3 Å². The molecule has 2 N–H and O–H groups in total. The minimum Gasteiger partial charge on any atom is -0.384 e. The van der Waals surface area contributed by atoms with Gasteiger partial charge in [0.1, 0.15) is 11.6 Å². The average molecular weight is 255 g/mol. The van der Waals surface area contributed by atoms with Gasteiger partial charge in [-0.05, 0) is 26.0 Å². The first-order chi connectivity index (χ1) is 8.99. The summed E-state index contributed by atoms with van der Waals surface area (Å²) in [5.41, 5.74) is 11.1. The predicted octanol–water partition coefficient (Wildman–Crippen LogP) is 2.17. The van der Waals surface area contributed by atoms with Crippen LogP contribution in [0.3, 0.4) is 0 Å². The van der Waals surface area contributed by atoms with Crippen LogP contribution in [0.25, 0.3) is 22.3 Å². The molecule has 0 bridgehead atoms. The fourth-order valence-corrected chi connectivity index (χ4v) is 2.38. The summed E-state index contributed by atoms with van der Waals surface area (Å²) in [6, 6.07) is 6.21. The van der Waals surface area contributed by atoms with Gasteiger partial charge in [0, 0.05) is 25.2 Å². The van der Waals surface area contributed by atoms with Crippen LogP contribution in [0.2, 0.25) is 0 Å². The molecule has 0 aliphatic rings. The van der Waals surface area contributed by atoms with Gasteiger partial charge >= 0.3 is 0 Å². The smallest absolute Gasteiger partial charge is 0.124 e. The second-order valence-electron chi connectivity index (χ2n) is 4.90. The number of hydrogen-bond acceptors (Lipinski definition) is 3. The molecule has 0 saturated heterocycles. The molecule has 2 heterocycles. The Kier molecular flexibility index (Phi) is 2.38. The van der Waals surface area contributed by atoms with Crippen molar-refractivity contribution in [1.29, 1.82) is 0 Å². The number of imidazole rings is 1. The normalized spacial score (nSPS) is 11.4. The van der Waals surface area contributed by atoms with Crippen LogP contribution in [0, 0.1) is 13.8 Å². The van der Waals surface area contributed by atoms with Gasteiger partial charge in [0.2, 0.25) is 0 Å². The number of fused-ring (bicyclic) bond motifs is 1. The number of nitrogens with zero attached hydrogens (tertiary/aromatic N) is 4. The molecular formula is C14H17N5. The largest absolute Gasteiger partial charge is 0.384 e. The van der Waals surface area contributed by atoms with E-state index >= 15 is 0 Å². The van der Waals surface area contributed by atoms with E-state index in [9.17, 15) is 0 Å². The molecule has 0 fully saturated rings. The van der Waals surface area contributed by atoms with E-state index in [4.69, 9.17) is 5.73 Å². The van der Waals surface area contributed by atoms with Crippen molar-refractivity contribution in [3.05, 3.63) is 29.6 Å². The van der Waals surface area contributed by atoms with E-state index in [1.807, 2.05) is 27.9 Å². The first kappa shape index (κ1) is 11.8. The van der Waals surface area contributed by atoms with E-state index in [1.54, 1.807) is 4.68 Å². The maximum absolute atomic E-state index is 5.96. The lowest BCUT2D eigenvalue weighted by molar-refractivity contribution is 0.782. The van der Waals surface area contributed by atoms with Gasteiger partial charge in [-0.3, -0.25) is 4.68 Å². The molecule has 5 nitrogen and oxygen atoms in total. The number of anilines is 1. The van der Waals surface area contributed by atoms with Gasteiger partial charge in [-0.15, -0.1) is 0 Å². The standard InChI is InChI=1S/C14H17N5/c1-8-13(17-19(4)14(8)15)10-5-6-12-11(7-10)16-9(2)18(12)3/h5-7H,15H2,1-4H3. The molecule has 0 spiro atoms. The zero-order chi connectivity index (χ0) is 13.7. The number of aromatic nitrogens is 4. The van der Waals surface area contributed by atoms with Gasteiger partial charge in [0.25, 0.3) is 0 Å². The van der Waals surface area contributed by atoms with Crippen LogP contribution in [0.4, 0.5) is 5.82 Å². The minimum absolute atomic E-state index is 0.701. The third kappa shape index (κ3) is 1.62. The maximum Gasteiger partial charge on any atom is 0.124 e. The Hall–Kier alpha value is -2.30. The monoisotopic (exact) mass is 255 g/mol. The molecule has 0 amide bonds. The summed E-state index contributed by atoms with van der Waals surface area (Å²) in [5.74, 6) is 1.71. The second-order valence-corrected chi connectivity index (χ2v) is 4.90. The fourth-order valence-electron chi connectivity index (χ4n) is 2.38.